The Morgan fingerprint density at radius 2 is 1.72 bits per heavy atom. The van der Waals surface area contributed by atoms with Crippen LogP contribution in [-0.4, -0.2) is 15.0 Å². The molecule has 0 fully saturated rings. The summed E-state index contributed by atoms with van der Waals surface area (Å²) in [6, 6.07) is 10.7. The molecule has 3 aromatic heterocycles. The lowest BCUT2D eigenvalue weighted by molar-refractivity contribution is 0.599. The number of aryl methyl sites for hydroxylation is 1. The van der Waals surface area contributed by atoms with Gasteiger partial charge in [-0.1, -0.05) is 31.8 Å². The van der Waals surface area contributed by atoms with Crippen LogP contribution in [0.2, 0.25) is 0 Å². The first-order valence-corrected chi connectivity index (χ1v) is 9.61. The summed E-state index contributed by atoms with van der Waals surface area (Å²) in [5.74, 6) is 0. The van der Waals surface area contributed by atoms with E-state index in [4.69, 9.17) is 0 Å². The second-order valence-corrected chi connectivity index (χ2v) is 7.08. The van der Waals surface area contributed by atoms with Crippen molar-refractivity contribution in [2.45, 2.75) is 51.4 Å². The molecule has 3 nitrogen and oxygen atoms in total. The van der Waals surface area contributed by atoms with Crippen LogP contribution in [0, 0.1) is 0 Å². The third-order valence-electron chi connectivity index (χ3n) is 5.12. The van der Waals surface area contributed by atoms with E-state index in [1.165, 1.54) is 67.6 Å². The first kappa shape index (κ1) is 16.1. The Balaban J connectivity index is 1.65. The van der Waals surface area contributed by atoms with Crippen molar-refractivity contribution in [2.24, 2.45) is 0 Å². The summed E-state index contributed by atoms with van der Waals surface area (Å²) in [5, 5.41) is 2.53. The molecule has 3 N–H and O–H groups in total. The van der Waals surface area contributed by atoms with E-state index in [9.17, 15) is 0 Å². The van der Waals surface area contributed by atoms with E-state index in [2.05, 4.69) is 51.4 Å². The minimum absolute atomic E-state index is 1.12. The zero-order chi connectivity index (χ0) is 16.9. The number of H-pyrrole nitrogens is 3. The van der Waals surface area contributed by atoms with Gasteiger partial charge in [-0.25, -0.2) is 0 Å². The molecule has 0 radical (unpaired) electrons. The molecule has 0 aromatic carbocycles. The Labute approximate surface area is 148 Å². The van der Waals surface area contributed by atoms with Crippen molar-refractivity contribution in [1.29, 1.82) is 0 Å². The van der Waals surface area contributed by atoms with Crippen LogP contribution < -0.4 is 10.7 Å². The van der Waals surface area contributed by atoms with Crippen LogP contribution >= 0.6 is 0 Å². The zero-order valence-corrected chi connectivity index (χ0v) is 14.8. The zero-order valence-electron chi connectivity index (χ0n) is 14.8. The summed E-state index contributed by atoms with van der Waals surface area (Å²) in [5.41, 5.74) is 4.84. The monoisotopic (exact) mass is 333 g/mol. The van der Waals surface area contributed by atoms with Crippen LogP contribution in [0.3, 0.4) is 0 Å². The lowest BCUT2D eigenvalue weighted by Gasteiger charge is -2.01. The quantitative estimate of drug-likeness (QED) is 0.628. The lowest BCUT2D eigenvalue weighted by atomic mass is 10.0. The van der Waals surface area contributed by atoms with Crippen molar-refractivity contribution in [2.75, 3.05) is 0 Å². The van der Waals surface area contributed by atoms with Gasteiger partial charge in [0.25, 0.3) is 0 Å². The van der Waals surface area contributed by atoms with Crippen molar-refractivity contribution in [3.05, 3.63) is 58.5 Å². The fraction of sp³-hybridized carbons (Fsp3) is 0.364. The number of rotatable bonds is 2. The molecule has 3 aromatic rings. The highest BCUT2D eigenvalue weighted by atomic mass is 14.8. The second kappa shape index (κ2) is 7.64. The molecule has 3 heteroatoms. The van der Waals surface area contributed by atoms with E-state index in [0.29, 0.717) is 0 Å². The van der Waals surface area contributed by atoms with Gasteiger partial charge in [-0.05, 0) is 67.7 Å². The molecule has 0 atom stereocenters. The maximum absolute atomic E-state index is 3.62. The molecule has 0 aliphatic heterocycles. The van der Waals surface area contributed by atoms with Gasteiger partial charge < -0.3 is 15.0 Å². The smallest absolute Gasteiger partial charge is 0.0624 e. The normalized spacial score (nSPS) is 16.9. The highest BCUT2D eigenvalue weighted by Gasteiger charge is 2.04. The molecule has 0 saturated carbocycles. The molecule has 0 spiro atoms. The Morgan fingerprint density at radius 3 is 2.60 bits per heavy atom. The van der Waals surface area contributed by atoms with Crippen molar-refractivity contribution in [1.82, 2.24) is 15.0 Å². The van der Waals surface area contributed by atoms with E-state index in [0.717, 1.165) is 17.1 Å². The van der Waals surface area contributed by atoms with E-state index in [1.807, 2.05) is 12.3 Å². The fourth-order valence-corrected chi connectivity index (χ4v) is 3.71. The molecule has 0 amide bonds. The van der Waals surface area contributed by atoms with Gasteiger partial charge in [0.15, 0.2) is 0 Å². The topological polar surface area (TPSA) is 47.4 Å². The van der Waals surface area contributed by atoms with E-state index >= 15 is 0 Å². The SMILES string of the molecule is C1=c2cc(c(=Cc3ccc(-c4ccc[nH]4)[nH]3)[nH]2)CCCCCCCC1. The van der Waals surface area contributed by atoms with Crippen molar-refractivity contribution < 1.29 is 0 Å². The molecule has 1 aliphatic rings. The first-order valence-electron chi connectivity index (χ1n) is 9.61. The predicted molar refractivity (Wildman–Crippen MR) is 105 cm³/mol. The lowest BCUT2D eigenvalue weighted by Crippen LogP contribution is -2.12. The van der Waals surface area contributed by atoms with Gasteiger partial charge in [0.2, 0.25) is 0 Å². The maximum Gasteiger partial charge on any atom is 0.0624 e. The fourth-order valence-electron chi connectivity index (χ4n) is 3.71. The number of aromatic nitrogens is 3. The maximum atomic E-state index is 3.62. The highest BCUT2D eigenvalue weighted by molar-refractivity contribution is 5.59. The largest absolute Gasteiger partial charge is 0.360 e. The van der Waals surface area contributed by atoms with Crippen LogP contribution in [0.4, 0.5) is 0 Å². The van der Waals surface area contributed by atoms with Gasteiger partial charge >= 0.3 is 0 Å². The van der Waals surface area contributed by atoms with Crippen LogP contribution in [0.25, 0.3) is 23.5 Å². The van der Waals surface area contributed by atoms with Crippen LogP contribution in [0.15, 0.2) is 36.5 Å². The standard InChI is InChI=1S/C22H27N3/c1-2-4-6-9-17-15-18(10-7-5-3-1)25-22(17)16-19-12-13-21(24-19)20-11-8-14-23-20/h8,10-16,23-25H,1-7,9H2. The third kappa shape index (κ3) is 3.98. The van der Waals surface area contributed by atoms with Gasteiger partial charge in [-0.15, -0.1) is 0 Å². The van der Waals surface area contributed by atoms with Gasteiger partial charge in [-0.2, -0.15) is 0 Å². The second-order valence-electron chi connectivity index (χ2n) is 7.08. The van der Waals surface area contributed by atoms with Crippen molar-refractivity contribution in [3.63, 3.8) is 0 Å². The predicted octanol–water partition coefficient (Wildman–Crippen LogP) is 4.23. The molecule has 0 unspecified atom stereocenters. The molecular formula is C22H27N3. The minimum Gasteiger partial charge on any atom is -0.360 e. The van der Waals surface area contributed by atoms with Gasteiger partial charge in [0, 0.05) is 22.6 Å². The minimum atomic E-state index is 1.12. The summed E-state index contributed by atoms with van der Waals surface area (Å²) in [6.45, 7) is 0. The molecule has 2 bridgehead atoms. The van der Waals surface area contributed by atoms with E-state index in [-0.39, 0.29) is 0 Å². The summed E-state index contributed by atoms with van der Waals surface area (Å²) in [7, 11) is 0. The molecule has 25 heavy (non-hydrogen) atoms. The van der Waals surface area contributed by atoms with E-state index < -0.39 is 0 Å². The Morgan fingerprint density at radius 1 is 0.840 bits per heavy atom. The number of aromatic amines is 3. The molecule has 0 saturated heterocycles. The van der Waals surface area contributed by atoms with Crippen LogP contribution in [-0.2, 0) is 6.42 Å². The molecule has 1 aliphatic carbocycles. The molecule has 4 rings (SSSR count). The van der Waals surface area contributed by atoms with Gasteiger partial charge in [-0.3, -0.25) is 0 Å². The molecular weight excluding hydrogens is 306 g/mol. The average Bonchev–Trinajstić information content (AvgIpc) is 3.34. The average molecular weight is 333 g/mol. The van der Waals surface area contributed by atoms with Crippen molar-refractivity contribution >= 4 is 12.2 Å². The summed E-state index contributed by atoms with van der Waals surface area (Å²) >= 11 is 0. The Kier molecular flexibility index (Phi) is 4.91. The van der Waals surface area contributed by atoms with Gasteiger partial charge in [0.05, 0.1) is 11.4 Å². The van der Waals surface area contributed by atoms with Crippen molar-refractivity contribution in [3.8, 4) is 11.4 Å². The summed E-state index contributed by atoms with van der Waals surface area (Å²) < 4.78 is 0. The summed E-state index contributed by atoms with van der Waals surface area (Å²) in [6.07, 6.45) is 17.0. The summed E-state index contributed by atoms with van der Waals surface area (Å²) in [4.78, 5) is 10.4. The van der Waals surface area contributed by atoms with E-state index in [1.54, 1.807) is 0 Å². The molecule has 130 valence electrons. The molecule has 3 heterocycles. The van der Waals surface area contributed by atoms with Gasteiger partial charge in [0.1, 0.15) is 0 Å². The first-order chi connectivity index (χ1) is 12.4. The number of hydrogen-bond donors (Lipinski definition) is 3. The Bertz CT molecular complexity index is 909. The Hall–Kier alpha value is -2.42. The number of hydrogen-bond acceptors (Lipinski definition) is 0. The van der Waals surface area contributed by atoms with Crippen LogP contribution in [0.1, 0.15) is 56.2 Å². The highest BCUT2D eigenvalue weighted by Crippen LogP contribution is 2.16. The third-order valence-corrected chi connectivity index (χ3v) is 5.12. The number of nitrogens with one attached hydrogen (secondary N) is 3. The van der Waals surface area contributed by atoms with Crippen LogP contribution in [0.5, 0.6) is 0 Å². The number of fused-ring (bicyclic) bond motifs is 2.